The molecule has 2 aliphatic rings. The second-order valence-corrected chi connectivity index (χ2v) is 4.45. The summed E-state index contributed by atoms with van der Waals surface area (Å²) < 4.78 is 5.56. The molecule has 0 aromatic rings. The highest BCUT2D eigenvalue weighted by Gasteiger charge is 2.42. The Morgan fingerprint density at radius 2 is 2.19 bits per heavy atom. The number of hydrogen-bond acceptors (Lipinski definition) is 4. The van der Waals surface area contributed by atoms with Crippen molar-refractivity contribution in [2.45, 2.75) is 37.5 Å². The molecule has 6 heteroatoms. The number of nitrogens with one attached hydrogen (secondary N) is 3. The van der Waals surface area contributed by atoms with Crippen LogP contribution >= 0.6 is 0 Å². The predicted octanol–water partition coefficient (Wildman–Crippen LogP) is -2.28. The fraction of sp³-hybridized carbons (Fsp3) is 0.800. The molecular weight excluding hydrogens is 210 g/mol. The first kappa shape index (κ1) is 12.0. The van der Waals surface area contributed by atoms with E-state index in [9.17, 15) is 10.4 Å². The minimum Gasteiger partial charge on any atom is -0.633 e. The SMILES string of the molecule is C=CCOC1CCC2C(C1)[NH+]([O-])NC[NH+]2[O-]. The zero-order valence-corrected chi connectivity index (χ0v) is 9.28. The summed E-state index contributed by atoms with van der Waals surface area (Å²) in [4.78, 5) is 0. The molecule has 1 aliphatic carbocycles. The van der Waals surface area contributed by atoms with Crippen LogP contribution in [0.4, 0.5) is 0 Å². The molecule has 5 atom stereocenters. The van der Waals surface area contributed by atoms with Gasteiger partial charge in [-0.05, 0) is 6.42 Å². The molecule has 2 rings (SSSR count). The van der Waals surface area contributed by atoms with E-state index in [1.165, 1.54) is 0 Å². The van der Waals surface area contributed by atoms with Crippen molar-refractivity contribution >= 4 is 0 Å². The van der Waals surface area contributed by atoms with Gasteiger partial charge in [0.1, 0.15) is 6.04 Å². The van der Waals surface area contributed by atoms with Crippen molar-refractivity contribution in [1.82, 2.24) is 5.43 Å². The molecule has 92 valence electrons. The van der Waals surface area contributed by atoms with Gasteiger partial charge in [0.05, 0.1) is 12.7 Å². The Labute approximate surface area is 95.0 Å². The second-order valence-electron chi connectivity index (χ2n) is 4.45. The predicted molar refractivity (Wildman–Crippen MR) is 58.0 cm³/mol. The molecule has 3 N–H and O–H groups in total. The lowest BCUT2D eigenvalue weighted by Gasteiger charge is -2.48. The van der Waals surface area contributed by atoms with Gasteiger partial charge in [-0.15, -0.1) is 12.0 Å². The molecule has 1 saturated carbocycles. The van der Waals surface area contributed by atoms with Crippen molar-refractivity contribution in [1.29, 1.82) is 0 Å². The monoisotopic (exact) mass is 229 g/mol. The van der Waals surface area contributed by atoms with Gasteiger partial charge in [-0.3, -0.25) is 5.17 Å². The van der Waals surface area contributed by atoms with Crippen LogP contribution in [0.25, 0.3) is 0 Å². The lowest BCUT2D eigenvalue weighted by Crippen LogP contribution is -3.34. The summed E-state index contributed by atoms with van der Waals surface area (Å²) in [6.07, 6.45) is 4.11. The van der Waals surface area contributed by atoms with E-state index in [-0.39, 0.29) is 35.1 Å². The van der Waals surface area contributed by atoms with Crippen molar-refractivity contribution in [3.63, 3.8) is 0 Å². The molecule has 2 fully saturated rings. The number of ether oxygens (including phenoxy) is 1. The maximum absolute atomic E-state index is 11.7. The van der Waals surface area contributed by atoms with Gasteiger partial charge in [-0.2, -0.15) is 0 Å². The van der Waals surface area contributed by atoms with Gasteiger partial charge in [0.25, 0.3) is 0 Å². The van der Waals surface area contributed by atoms with E-state index in [0.29, 0.717) is 13.0 Å². The van der Waals surface area contributed by atoms with Crippen LogP contribution in [0.2, 0.25) is 0 Å². The molecule has 1 aliphatic heterocycles. The average molecular weight is 229 g/mol. The Morgan fingerprint density at radius 3 is 2.94 bits per heavy atom. The molecule has 0 aromatic carbocycles. The van der Waals surface area contributed by atoms with E-state index in [2.05, 4.69) is 12.0 Å². The molecule has 1 heterocycles. The normalized spacial score (nSPS) is 43.8. The van der Waals surface area contributed by atoms with Gasteiger partial charge < -0.3 is 20.2 Å². The molecule has 16 heavy (non-hydrogen) atoms. The molecular formula is C10H19N3O3. The first-order valence-corrected chi connectivity index (χ1v) is 5.75. The van der Waals surface area contributed by atoms with E-state index in [4.69, 9.17) is 4.74 Å². The Balaban J connectivity index is 1.93. The summed E-state index contributed by atoms with van der Waals surface area (Å²) in [5.74, 6) is 0. The molecule has 1 saturated heterocycles. The highest BCUT2D eigenvalue weighted by molar-refractivity contribution is 4.82. The second kappa shape index (κ2) is 5.22. The zero-order chi connectivity index (χ0) is 11.5. The van der Waals surface area contributed by atoms with Crippen LogP contribution in [0.15, 0.2) is 12.7 Å². The molecule has 0 aromatic heterocycles. The first-order chi connectivity index (χ1) is 7.72. The fourth-order valence-electron chi connectivity index (χ4n) is 2.60. The van der Waals surface area contributed by atoms with Crippen LogP contribution in [0, 0.1) is 10.4 Å². The average Bonchev–Trinajstić information content (AvgIpc) is 2.31. The van der Waals surface area contributed by atoms with Crippen LogP contribution in [-0.4, -0.2) is 31.5 Å². The molecule has 5 unspecified atom stereocenters. The summed E-state index contributed by atoms with van der Waals surface area (Å²) >= 11 is 0. The number of quaternary nitrogens is 2. The van der Waals surface area contributed by atoms with Gasteiger partial charge in [-0.1, -0.05) is 6.08 Å². The summed E-state index contributed by atoms with van der Waals surface area (Å²) in [7, 11) is 0. The maximum Gasteiger partial charge on any atom is 0.174 e. The maximum atomic E-state index is 11.7. The van der Waals surface area contributed by atoms with Crippen LogP contribution in [0.3, 0.4) is 0 Å². The quantitative estimate of drug-likeness (QED) is 0.376. The Morgan fingerprint density at radius 1 is 1.38 bits per heavy atom. The van der Waals surface area contributed by atoms with E-state index in [0.717, 1.165) is 12.8 Å². The molecule has 6 nitrogen and oxygen atoms in total. The minimum absolute atomic E-state index is 0.0107. The van der Waals surface area contributed by atoms with Gasteiger partial charge in [-0.25, -0.2) is 0 Å². The third-order valence-electron chi connectivity index (χ3n) is 3.44. The molecule has 0 radical (unpaired) electrons. The van der Waals surface area contributed by atoms with Gasteiger partial charge in [0.2, 0.25) is 0 Å². The topological polar surface area (TPSA) is 76.3 Å². The number of fused-ring (bicyclic) bond motifs is 1. The van der Waals surface area contributed by atoms with E-state index < -0.39 is 0 Å². The van der Waals surface area contributed by atoms with Crippen molar-refractivity contribution in [2.75, 3.05) is 13.3 Å². The van der Waals surface area contributed by atoms with Crippen molar-refractivity contribution in [3.8, 4) is 0 Å². The molecule has 0 bridgehead atoms. The lowest BCUT2D eigenvalue weighted by molar-refractivity contribution is -1.04. The van der Waals surface area contributed by atoms with Crippen molar-refractivity contribution in [2.24, 2.45) is 0 Å². The summed E-state index contributed by atoms with van der Waals surface area (Å²) in [6.45, 7) is 4.31. The standard InChI is InChI=1S/C10H19N3O3/c1-2-5-16-8-3-4-9-10(6-8)13(15)11-7-12(9)14/h2,8-13H,1,3-7H2. The molecule has 0 spiro atoms. The third-order valence-corrected chi connectivity index (χ3v) is 3.44. The summed E-state index contributed by atoms with van der Waals surface area (Å²) in [5, 5.41) is 23.5. The van der Waals surface area contributed by atoms with Crippen molar-refractivity contribution < 1.29 is 15.0 Å². The highest BCUT2D eigenvalue weighted by atomic mass is 16.6. The largest absolute Gasteiger partial charge is 0.633 e. The first-order valence-electron chi connectivity index (χ1n) is 5.75. The number of hydroxylamine groups is 3. The minimum atomic E-state index is -0.176. The lowest BCUT2D eigenvalue weighted by atomic mass is 9.87. The Bertz CT molecular complexity index is 251. The third kappa shape index (κ3) is 2.42. The Kier molecular flexibility index (Phi) is 3.91. The van der Waals surface area contributed by atoms with E-state index >= 15 is 0 Å². The number of rotatable bonds is 3. The van der Waals surface area contributed by atoms with Crippen LogP contribution in [-0.2, 0) is 4.74 Å². The van der Waals surface area contributed by atoms with Crippen LogP contribution in [0.1, 0.15) is 19.3 Å². The van der Waals surface area contributed by atoms with Crippen LogP contribution < -0.4 is 15.7 Å². The fourth-order valence-corrected chi connectivity index (χ4v) is 2.60. The van der Waals surface area contributed by atoms with E-state index in [1.807, 2.05) is 0 Å². The van der Waals surface area contributed by atoms with Gasteiger partial charge in [0.15, 0.2) is 12.7 Å². The molecule has 0 amide bonds. The summed E-state index contributed by atoms with van der Waals surface area (Å²) in [5.41, 5.74) is 2.64. The highest BCUT2D eigenvalue weighted by Crippen LogP contribution is 2.19. The number of hydrogen-bond donors (Lipinski definition) is 3. The smallest absolute Gasteiger partial charge is 0.174 e. The van der Waals surface area contributed by atoms with Crippen molar-refractivity contribution in [3.05, 3.63) is 23.1 Å². The van der Waals surface area contributed by atoms with E-state index in [1.54, 1.807) is 6.08 Å². The van der Waals surface area contributed by atoms with Gasteiger partial charge >= 0.3 is 0 Å². The Hall–Kier alpha value is -0.500. The van der Waals surface area contributed by atoms with Gasteiger partial charge in [0, 0.05) is 12.8 Å². The summed E-state index contributed by atoms with van der Waals surface area (Å²) in [6, 6.07) is -0.248. The van der Waals surface area contributed by atoms with Crippen LogP contribution in [0.5, 0.6) is 0 Å². The zero-order valence-electron chi connectivity index (χ0n) is 9.28.